The van der Waals surface area contributed by atoms with E-state index in [2.05, 4.69) is 17.0 Å². The lowest BCUT2D eigenvalue weighted by Gasteiger charge is -2.50. The monoisotopic (exact) mass is 651 g/mol. The Labute approximate surface area is 271 Å². The summed E-state index contributed by atoms with van der Waals surface area (Å²) in [4.78, 5) is 56.7. The van der Waals surface area contributed by atoms with Gasteiger partial charge in [-0.3, -0.25) is 33.9 Å². The van der Waals surface area contributed by atoms with Crippen molar-refractivity contribution in [2.75, 3.05) is 27.2 Å². The number of carbonyl (C=O) groups excluding carboxylic acids is 4. The standard InChI is InChI=1S/C34H35Cl2N3O6/c1-37-31(43)33(35)17-24-22(28(34(33,36)32(37)44)20-8-11-25(40)26(16-20)45-2)9-10-23-27(24)30(42)39(29(23)41)21-12-14-38(15-13-21)18-19-6-4-3-5-7-19/h3-9,11,16,21,23-24,27-28,40H,10,12-15,17-18H2,1-2H3/t23-,24+,27-,28-,33+,34-/m0/s1. The topological polar surface area (TPSA) is 107 Å². The molecular formula is C34H35Cl2N3O6. The fourth-order valence-corrected chi connectivity index (χ4v) is 9.57. The van der Waals surface area contributed by atoms with Crippen LogP contribution < -0.4 is 4.74 Å². The van der Waals surface area contributed by atoms with Crippen LogP contribution in [0, 0.1) is 17.8 Å². The second-order valence-electron chi connectivity index (χ2n) is 13.0. The molecule has 2 aliphatic carbocycles. The number of benzene rings is 2. The third kappa shape index (κ3) is 4.30. The van der Waals surface area contributed by atoms with Gasteiger partial charge in [0.15, 0.2) is 21.2 Å². The normalized spacial score (nSPS) is 33.6. The number of nitrogens with zero attached hydrogens (tertiary/aromatic N) is 3. The first kappa shape index (κ1) is 30.3. The Morgan fingerprint density at radius 2 is 1.67 bits per heavy atom. The molecule has 2 aromatic rings. The number of hydrogen-bond acceptors (Lipinski definition) is 7. The molecule has 6 atom stereocenters. The van der Waals surface area contributed by atoms with Gasteiger partial charge >= 0.3 is 0 Å². The Morgan fingerprint density at radius 1 is 0.956 bits per heavy atom. The highest BCUT2D eigenvalue weighted by Crippen LogP contribution is 2.65. The van der Waals surface area contributed by atoms with Crippen molar-refractivity contribution in [1.82, 2.24) is 14.7 Å². The summed E-state index contributed by atoms with van der Waals surface area (Å²) in [6, 6.07) is 14.7. The van der Waals surface area contributed by atoms with Gasteiger partial charge in [-0.05, 0) is 54.9 Å². The number of imide groups is 2. The summed E-state index contributed by atoms with van der Waals surface area (Å²) in [6.45, 7) is 2.36. The predicted octanol–water partition coefficient (Wildman–Crippen LogP) is 4.05. The summed E-state index contributed by atoms with van der Waals surface area (Å²) < 4.78 is 5.36. The third-order valence-electron chi connectivity index (χ3n) is 10.8. The third-order valence-corrected chi connectivity index (χ3v) is 12.2. The van der Waals surface area contributed by atoms with Crippen molar-refractivity contribution in [3.05, 3.63) is 71.3 Å². The molecule has 0 radical (unpaired) electrons. The van der Waals surface area contributed by atoms with Crippen LogP contribution in [0.15, 0.2) is 60.2 Å². The van der Waals surface area contributed by atoms with Gasteiger partial charge in [0.05, 0.1) is 18.9 Å². The van der Waals surface area contributed by atoms with E-state index in [0.29, 0.717) is 30.4 Å². The molecule has 2 aromatic carbocycles. The number of halogens is 2. The largest absolute Gasteiger partial charge is 0.504 e. The molecule has 3 aliphatic heterocycles. The van der Waals surface area contributed by atoms with E-state index >= 15 is 0 Å². The van der Waals surface area contributed by atoms with Crippen LogP contribution in [-0.2, 0) is 25.7 Å². The summed E-state index contributed by atoms with van der Waals surface area (Å²) in [5, 5.41) is 10.3. The zero-order chi connectivity index (χ0) is 31.8. The number of carbonyl (C=O) groups is 4. The van der Waals surface area contributed by atoms with E-state index < -0.39 is 45.2 Å². The van der Waals surface area contributed by atoms with E-state index in [4.69, 9.17) is 27.9 Å². The smallest absolute Gasteiger partial charge is 0.253 e. The van der Waals surface area contributed by atoms with E-state index in [1.165, 1.54) is 30.7 Å². The van der Waals surface area contributed by atoms with E-state index in [0.717, 1.165) is 24.5 Å². The average molecular weight is 653 g/mol. The van der Waals surface area contributed by atoms with Crippen LogP contribution in [0.3, 0.4) is 0 Å². The number of alkyl halides is 2. The molecule has 7 rings (SSSR count). The molecule has 0 aromatic heterocycles. The minimum atomic E-state index is -1.88. The number of ether oxygens (including phenoxy) is 1. The second-order valence-corrected chi connectivity index (χ2v) is 14.2. The van der Waals surface area contributed by atoms with Gasteiger partial charge in [-0.2, -0.15) is 0 Å². The predicted molar refractivity (Wildman–Crippen MR) is 167 cm³/mol. The maximum atomic E-state index is 14.3. The van der Waals surface area contributed by atoms with Gasteiger partial charge in [-0.25, -0.2) is 0 Å². The SMILES string of the molecule is COc1cc([C@H]2C3=CC[C@@H]4C(=O)N(C5CCN(Cc6ccccc6)CC5)C(=O)[C@@H]4[C@@H]3C[C@@]3(Cl)C(=O)N(C)C(=O)[C@@]23Cl)ccc1O. The van der Waals surface area contributed by atoms with E-state index in [9.17, 15) is 24.3 Å². The van der Waals surface area contributed by atoms with E-state index in [-0.39, 0.29) is 35.8 Å². The molecule has 1 saturated carbocycles. The zero-order valence-corrected chi connectivity index (χ0v) is 26.6. The number of aromatic hydroxyl groups is 1. The van der Waals surface area contributed by atoms with Crippen molar-refractivity contribution in [2.45, 2.75) is 53.9 Å². The summed E-state index contributed by atoms with van der Waals surface area (Å²) in [5.74, 6) is -4.36. The Hall–Kier alpha value is -3.40. The molecule has 1 N–H and O–H groups in total. The van der Waals surface area contributed by atoms with E-state index in [1.807, 2.05) is 24.3 Å². The highest BCUT2D eigenvalue weighted by atomic mass is 35.5. The maximum Gasteiger partial charge on any atom is 0.253 e. The van der Waals surface area contributed by atoms with Crippen molar-refractivity contribution >= 4 is 46.8 Å². The van der Waals surface area contributed by atoms with Gasteiger partial charge in [0.25, 0.3) is 11.8 Å². The molecule has 3 saturated heterocycles. The number of hydrogen-bond donors (Lipinski definition) is 1. The van der Waals surface area contributed by atoms with Gasteiger partial charge in [-0.15, -0.1) is 23.2 Å². The molecule has 236 valence electrons. The molecule has 4 fully saturated rings. The van der Waals surface area contributed by atoms with Crippen molar-refractivity contribution in [1.29, 1.82) is 0 Å². The summed E-state index contributed by atoms with van der Waals surface area (Å²) >= 11 is 14.5. The summed E-state index contributed by atoms with van der Waals surface area (Å²) in [6.07, 6.45) is 3.56. The minimum absolute atomic E-state index is 0.0476. The molecule has 4 amide bonds. The number of phenols is 1. The first-order valence-corrected chi connectivity index (χ1v) is 16.2. The summed E-state index contributed by atoms with van der Waals surface area (Å²) in [7, 11) is 2.78. The Morgan fingerprint density at radius 3 is 2.36 bits per heavy atom. The highest BCUT2D eigenvalue weighted by Gasteiger charge is 2.76. The molecule has 5 aliphatic rings. The lowest BCUT2D eigenvalue weighted by atomic mass is 9.56. The Bertz CT molecular complexity index is 1620. The molecule has 11 heteroatoms. The zero-order valence-electron chi connectivity index (χ0n) is 25.1. The number of likely N-dealkylation sites (tertiary alicyclic amines) is 3. The molecule has 0 spiro atoms. The molecule has 0 bridgehead atoms. The van der Waals surface area contributed by atoms with Gasteiger partial charge in [-0.1, -0.05) is 48.0 Å². The van der Waals surface area contributed by atoms with Crippen molar-refractivity contribution in [3.63, 3.8) is 0 Å². The Kier molecular flexibility index (Phi) is 7.30. The van der Waals surface area contributed by atoms with Crippen LogP contribution in [0.4, 0.5) is 0 Å². The molecule has 9 nitrogen and oxygen atoms in total. The average Bonchev–Trinajstić information content (AvgIpc) is 3.37. The number of rotatable bonds is 5. The first-order valence-electron chi connectivity index (χ1n) is 15.4. The highest BCUT2D eigenvalue weighted by molar-refractivity contribution is 6.53. The molecule has 45 heavy (non-hydrogen) atoms. The van der Waals surface area contributed by atoms with Crippen molar-refractivity contribution in [3.8, 4) is 11.5 Å². The number of phenolic OH excluding ortho intramolecular Hbond substituents is 1. The minimum Gasteiger partial charge on any atom is -0.504 e. The maximum absolute atomic E-state index is 14.3. The second kappa shape index (κ2) is 10.9. The van der Waals surface area contributed by atoms with Gasteiger partial charge in [0.2, 0.25) is 11.8 Å². The number of methoxy groups -OCH3 is 1. The molecular weight excluding hydrogens is 617 g/mol. The van der Waals surface area contributed by atoms with Gasteiger partial charge < -0.3 is 9.84 Å². The van der Waals surface area contributed by atoms with Gasteiger partial charge in [0, 0.05) is 38.6 Å². The lowest BCUT2D eigenvalue weighted by molar-refractivity contribution is -0.144. The molecule has 3 heterocycles. The van der Waals surface area contributed by atoms with Crippen molar-refractivity contribution < 1.29 is 29.0 Å². The van der Waals surface area contributed by atoms with Crippen LogP contribution in [0.5, 0.6) is 11.5 Å². The molecule has 0 unspecified atom stereocenters. The number of allylic oxidation sites excluding steroid dienone is 2. The quantitative estimate of drug-likeness (QED) is 0.295. The van der Waals surface area contributed by atoms with Gasteiger partial charge in [0.1, 0.15) is 0 Å². The fraction of sp³-hybridized carbons (Fsp3) is 0.471. The Balaban J connectivity index is 1.21. The first-order chi connectivity index (χ1) is 21.5. The van der Waals surface area contributed by atoms with Crippen LogP contribution in [0.25, 0.3) is 0 Å². The van der Waals surface area contributed by atoms with Crippen LogP contribution in [-0.4, -0.2) is 86.5 Å². The number of piperidine rings is 1. The number of fused-ring (bicyclic) bond motifs is 4. The van der Waals surface area contributed by atoms with Crippen molar-refractivity contribution in [2.24, 2.45) is 17.8 Å². The van der Waals surface area contributed by atoms with E-state index in [1.54, 1.807) is 12.1 Å². The van der Waals surface area contributed by atoms with Crippen LogP contribution in [0.1, 0.15) is 42.7 Å². The number of amides is 4. The van der Waals surface area contributed by atoms with Crippen LogP contribution in [0.2, 0.25) is 0 Å². The lowest BCUT2D eigenvalue weighted by Crippen LogP contribution is -2.60. The van der Waals surface area contributed by atoms with Crippen LogP contribution >= 0.6 is 23.2 Å². The summed E-state index contributed by atoms with van der Waals surface area (Å²) in [5.41, 5.74) is 2.46. The fourth-order valence-electron chi connectivity index (χ4n) is 8.55.